The Kier molecular flexibility index (Phi) is 5.02. The molecule has 4 heteroatoms. The number of hydrogen-bond acceptors (Lipinski definition) is 2. The first-order chi connectivity index (χ1) is 7.88. The van der Waals surface area contributed by atoms with Crippen LogP contribution in [0, 0.1) is 5.41 Å². The summed E-state index contributed by atoms with van der Waals surface area (Å²) in [5, 5.41) is 2.03. The Morgan fingerprint density at radius 2 is 2.18 bits per heavy atom. The van der Waals surface area contributed by atoms with Gasteiger partial charge in [-0.25, -0.2) is 0 Å². The summed E-state index contributed by atoms with van der Waals surface area (Å²) in [5.74, 6) is 0.468. The molecule has 0 N–H and O–H groups in total. The van der Waals surface area contributed by atoms with Crippen LogP contribution in [0.4, 0.5) is 0 Å². The first kappa shape index (κ1) is 14.5. The summed E-state index contributed by atoms with van der Waals surface area (Å²) in [6, 6.07) is 4.25. The summed E-state index contributed by atoms with van der Waals surface area (Å²) >= 11 is 7.55. The number of halogens is 1. The molecule has 1 rings (SSSR count). The monoisotopic (exact) mass is 273 g/mol. The average molecular weight is 274 g/mol. The summed E-state index contributed by atoms with van der Waals surface area (Å²) in [4.78, 5) is 15.5. The Hall–Kier alpha value is -0.540. The molecule has 0 radical (unpaired) electrons. The molecule has 0 spiro atoms. The van der Waals surface area contributed by atoms with Crippen LogP contribution in [0.25, 0.3) is 0 Å². The zero-order valence-electron chi connectivity index (χ0n) is 10.9. The summed E-state index contributed by atoms with van der Waals surface area (Å²) < 4.78 is 0. The molecule has 0 aromatic carbocycles. The van der Waals surface area contributed by atoms with Gasteiger partial charge in [0.1, 0.15) is 0 Å². The van der Waals surface area contributed by atoms with E-state index < -0.39 is 5.41 Å². The molecule has 2 nitrogen and oxygen atoms in total. The number of thiophene rings is 1. The number of amides is 1. The zero-order chi connectivity index (χ0) is 13.1. The highest BCUT2D eigenvalue weighted by molar-refractivity contribution is 7.09. The van der Waals surface area contributed by atoms with Crippen LogP contribution in [0.5, 0.6) is 0 Å². The fourth-order valence-electron chi connectivity index (χ4n) is 1.51. The van der Waals surface area contributed by atoms with Crippen LogP contribution in [0.3, 0.4) is 0 Å². The summed E-state index contributed by atoms with van der Waals surface area (Å²) in [6.45, 7) is 8.54. The Morgan fingerprint density at radius 3 is 2.59 bits per heavy atom. The van der Waals surface area contributed by atoms with Crippen LogP contribution in [-0.2, 0) is 11.3 Å². The van der Waals surface area contributed by atoms with E-state index in [9.17, 15) is 4.79 Å². The van der Waals surface area contributed by atoms with Crippen molar-refractivity contribution in [3.8, 4) is 0 Å². The van der Waals surface area contributed by atoms with Gasteiger partial charge in [0.25, 0.3) is 0 Å². The normalized spacial score (nSPS) is 11.9. The van der Waals surface area contributed by atoms with E-state index in [1.807, 2.05) is 44.0 Å². The van der Waals surface area contributed by atoms with Crippen LogP contribution in [0.2, 0.25) is 0 Å². The third-order valence-electron chi connectivity index (χ3n) is 2.70. The van der Waals surface area contributed by atoms with E-state index in [4.69, 9.17) is 11.6 Å². The van der Waals surface area contributed by atoms with Crippen LogP contribution in [-0.4, -0.2) is 22.7 Å². The lowest BCUT2D eigenvalue weighted by molar-refractivity contribution is -0.141. The molecule has 96 valence electrons. The molecule has 17 heavy (non-hydrogen) atoms. The number of carbonyl (C=O) groups is 1. The van der Waals surface area contributed by atoms with Crippen LogP contribution < -0.4 is 0 Å². The third kappa shape index (κ3) is 3.71. The van der Waals surface area contributed by atoms with Crippen molar-refractivity contribution in [2.75, 3.05) is 5.88 Å². The maximum atomic E-state index is 12.4. The highest BCUT2D eigenvalue weighted by Crippen LogP contribution is 2.24. The van der Waals surface area contributed by atoms with Crippen molar-refractivity contribution in [3.63, 3.8) is 0 Å². The topological polar surface area (TPSA) is 20.3 Å². The zero-order valence-corrected chi connectivity index (χ0v) is 12.4. The maximum absolute atomic E-state index is 12.4. The standard InChI is InChI=1S/C13H20ClNOS/c1-10(2)15(8-11-6-5-7-17-11)12(16)13(3,4)9-14/h5-7,10H,8-9H2,1-4H3. The second kappa shape index (κ2) is 5.87. The molecule has 1 amide bonds. The van der Waals surface area contributed by atoms with Gasteiger partial charge in [-0.05, 0) is 39.1 Å². The Morgan fingerprint density at radius 1 is 1.53 bits per heavy atom. The molecule has 0 unspecified atom stereocenters. The third-order valence-corrected chi connectivity index (χ3v) is 4.23. The van der Waals surface area contributed by atoms with Gasteiger partial charge < -0.3 is 4.90 Å². The molecule has 0 aliphatic heterocycles. The largest absolute Gasteiger partial charge is 0.335 e. The van der Waals surface area contributed by atoms with Crippen molar-refractivity contribution in [1.29, 1.82) is 0 Å². The van der Waals surface area contributed by atoms with Gasteiger partial charge in [0.2, 0.25) is 5.91 Å². The van der Waals surface area contributed by atoms with E-state index in [2.05, 4.69) is 6.07 Å². The molecule has 0 bridgehead atoms. The predicted molar refractivity (Wildman–Crippen MR) is 74.5 cm³/mol. The molecule has 0 aliphatic carbocycles. The molecule has 1 aromatic rings. The van der Waals surface area contributed by atoms with Gasteiger partial charge in [0.05, 0.1) is 12.0 Å². The number of nitrogens with zero attached hydrogens (tertiary/aromatic N) is 1. The maximum Gasteiger partial charge on any atom is 0.229 e. The first-order valence-corrected chi connectivity index (χ1v) is 7.19. The smallest absolute Gasteiger partial charge is 0.229 e. The first-order valence-electron chi connectivity index (χ1n) is 5.78. The molecule has 0 aliphatic rings. The van der Waals surface area contributed by atoms with Crippen molar-refractivity contribution >= 4 is 28.8 Å². The lowest BCUT2D eigenvalue weighted by atomic mass is 9.93. The molecular weight excluding hydrogens is 254 g/mol. The highest BCUT2D eigenvalue weighted by Gasteiger charge is 2.32. The number of carbonyl (C=O) groups excluding carboxylic acids is 1. The molecule has 1 aromatic heterocycles. The van der Waals surface area contributed by atoms with Crippen LogP contribution in [0.1, 0.15) is 32.6 Å². The number of hydrogen-bond donors (Lipinski definition) is 0. The number of alkyl halides is 1. The van der Waals surface area contributed by atoms with E-state index in [1.165, 1.54) is 4.88 Å². The number of rotatable bonds is 5. The molecule has 1 heterocycles. The Bertz CT molecular complexity index is 360. The van der Waals surface area contributed by atoms with Gasteiger partial charge in [-0.1, -0.05) is 6.07 Å². The van der Waals surface area contributed by atoms with Gasteiger partial charge in [0.15, 0.2) is 0 Å². The van der Waals surface area contributed by atoms with Gasteiger partial charge in [-0.15, -0.1) is 22.9 Å². The lowest BCUT2D eigenvalue weighted by Crippen LogP contribution is -2.44. The summed E-state index contributed by atoms with van der Waals surface area (Å²) in [6.07, 6.45) is 0. The van der Waals surface area contributed by atoms with Crippen molar-refractivity contribution in [2.45, 2.75) is 40.3 Å². The average Bonchev–Trinajstić information content (AvgIpc) is 2.77. The lowest BCUT2D eigenvalue weighted by Gasteiger charge is -2.33. The van der Waals surface area contributed by atoms with Crippen molar-refractivity contribution in [3.05, 3.63) is 22.4 Å². The molecule has 0 atom stereocenters. The van der Waals surface area contributed by atoms with Crippen molar-refractivity contribution < 1.29 is 4.79 Å². The molecule has 0 saturated heterocycles. The molecule has 0 fully saturated rings. The molecule has 0 saturated carbocycles. The Balaban J connectivity index is 2.83. The van der Waals surface area contributed by atoms with Gasteiger partial charge in [-0.3, -0.25) is 4.79 Å². The SMILES string of the molecule is CC(C)N(Cc1cccs1)C(=O)C(C)(C)CCl. The van der Waals surface area contributed by atoms with Gasteiger partial charge in [-0.2, -0.15) is 0 Å². The van der Waals surface area contributed by atoms with E-state index in [-0.39, 0.29) is 11.9 Å². The predicted octanol–water partition coefficient (Wildman–Crippen LogP) is 3.75. The van der Waals surface area contributed by atoms with Crippen molar-refractivity contribution in [1.82, 2.24) is 4.90 Å². The van der Waals surface area contributed by atoms with E-state index in [0.29, 0.717) is 12.4 Å². The second-order valence-electron chi connectivity index (χ2n) is 5.12. The van der Waals surface area contributed by atoms with E-state index >= 15 is 0 Å². The van der Waals surface area contributed by atoms with Crippen LogP contribution in [0.15, 0.2) is 17.5 Å². The van der Waals surface area contributed by atoms with E-state index in [1.54, 1.807) is 11.3 Å². The van der Waals surface area contributed by atoms with Crippen LogP contribution >= 0.6 is 22.9 Å². The second-order valence-corrected chi connectivity index (χ2v) is 6.42. The summed E-state index contributed by atoms with van der Waals surface area (Å²) in [7, 11) is 0. The Labute approximate surface area is 113 Å². The minimum absolute atomic E-state index is 0.121. The highest BCUT2D eigenvalue weighted by atomic mass is 35.5. The fourth-order valence-corrected chi connectivity index (χ4v) is 2.32. The van der Waals surface area contributed by atoms with E-state index in [0.717, 1.165) is 0 Å². The minimum atomic E-state index is -0.497. The molecular formula is C13H20ClNOS. The van der Waals surface area contributed by atoms with Gasteiger partial charge >= 0.3 is 0 Å². The quantitative estimate of drug-likeness (QED) is 0.748. The van der Waals surface area contributed by atoms with Gasteiger partial charge in [0, 0.05) is 16.8 Å². The van der Waals surface area contributed by atoms with Crippen molar-refractivity contribution in [2.24, 2.45) is 5.41 Å². The minimum Gasteiger partial charge on any atom is -0.335 e. The fraction of sp³-hybridized carbons (Fsp3) is 0.615. The summed E-state index contributed by atoms with van der Waals surface area (Å²) in [5.41, 5.74) is -0.497.